The third-order valence-electron chi connectivity index (χ3n) is 4.38. The van der Waals surface area contributed by atoms with Crippen molar-refractivity contribution < 1.29 is 9.59 Å². The number of carbonyl (C=O) groups excluding carboxylic acids is 2. The number of anilines is 1. The van der Waals surface area contributed by atoms with Crippen molar-refractivity contribution in [2.24, 2.45) is 7.05 Å². The predicted molar refractivity (Wildman–Crippen MR) is 115 cm³/mol. The van der Waals surface area contributed by atoms with Crippen molar-refractivity contribution in [2.45, 2.75) is 30.5 Å². The Hall–Kier alpha value is -2.50. The summed E-state index contributed by atoms with van der Waals surface area (Å²) in [4.78, 5) is 24.4. The Labute approximate surface area is 185 Å². The van der Waals surface area contributed by atoms with Gasteiger partial charge in [-0.2, -0.15) is 0 Å². The van der Waals surface area contributed by atoms with Crippen molar-refractivity contribution in [1.29, 1.82) is 0 Å². The van der Waals surface area contributed by atoms with Crippen LogP contribution < -0.4 is 10.6 Å². The molecule has 3 aromatic rings. The van der Waals surface area contributed by atoms with E-state index >= 15 is 0 Å². The molecule has 1 aliphatic rings. The maximum Gasteiger partial charge on any atom is 0.251 e. The van der Waals surface area contributed by atoms with Crippen LogP contribution >= 0.6 is 34.7 Å². The lowest BCUT2D eigenvalue weighted by atomic mass is 10.2. The molecule has 2 N–H and O–H groups in total. The summed E-state index contributed by atoms with van der Waals surface area (Å²) in [7, 11) is 1.79. The van der Waals surface area contributed by atoms with Crippen molar-refractivity contribution in [3.05, 3.63) is 45.7 Å². The van der Waals surface area contributed by atoms with Gasteiger partial charge in [0.05, 0.1) is 12.3 Å². The van der Waals surface area contributed by atoms with E-state index < -0.39 is 0 Å². The second kappa shape index (κ2) is 9.11. The minimum absolute atomic E-state index is 0.168. The predicted octanol–water partition coefficient (Wildman–Crippen LogP) is 2.86. The number of benzene rings is 1. The zero-order valence-corrected chi connectivity index (χ0v) is 18.4. The average Bonchev–Trinajstić information content (AvgIpc) is 3.39. The fraction of sp³-hybridized carbons (Fsp3) is 0.333. The number of aromatic nitrogens is 5. The number of carbonyl (C=O) groups is 2. The van der Waals surface area contributed by atoms with Crippen molar-refractivity contribution >= 4 is 51.6 Å². The van der Waals surface area contributed by atoms with Crippen LogP contribution in [0.3, 0.4) is 0 Å². The maximum absolute atomic E-state index is 12.2. The normalized spacial score (nSPS) is 13.3. The molecule has 30 heavy (non-hydrogen) atoms. The van der Waals surface area contributed by atoms with Gasteiger partial charge in [0, 0.05) is 23.6 Å². The van der Waals surface area contributed by atoms with Crippen molar-refractivity contribution in [3.8, 4) is 0 Å². The molecule has 0 saturated heterocycles. The van der Waals surface area contributed by atoms with Gasteiger partial charge in [0.2, 0.25) is 11.0 Å². The molecule has 156 valence electrons. The molecular weight excluding hydrogens is 446 g/mol. The number of nitrogens with zero attached hydrogens (tertiary/aromatic N) is 5. The molecule has 0 spiro atoms. The number of halogens is 1. The van der Waals surface area contributed by atoms with Gasteiger partial charge in [-0.05, 0) is 37.1 Å². The number of thioether (sulfide) groups is 1. The highest BCUT2D eigenvalue weighted by Gasteiger charge is 2.27. The van der Waals surface area contributed by atoms with E-state index in [4.69, 9.17) is 11.6 Å². The van der Waals surface area contributed by atoms with E-state index in [1.165, 1.54) is 23.1 Å². The summed E-state index contributed by atoms with van der Waals surface area (Å²) >= 11 is 8.52. The fourth-order valence-electron chi connectivity index (χ4n) is 2.55. The third-order valence-corrected chi connectivity index (χ3v) is 6.66. The van der Waals surface area contributed by atoms with E-state index in [0.29, 0.717) is 32.6 Å². The molecule has 9 nitrogen and oxygen atoms in total. The van der Waals surface area contributed by atoms with Gasteiger partial charge in [0.25, 0.3) is 5.91 Å². The maximum atomic E-state index is 12.2. The highest BCUT2D eigenvalue weighted by Crippen LogP contribution is 2.42. The highest BCUT2D eigenvalue weighted by atomic mass is 35.5. The zero-order valence-electron chi connectivity index (χ0n) is 16.0. The van der Waals surface area contributed by atoms with Gasteiger partial charge in [-0.3, -0.25) is 14.9 Å². The van der Waals surface area contributed by atoms with Crippen LogP contribution in [0.4, 0.5) is 5.13 Å². The molecule has 0 atom stereocenters. The molecular formula is C18H18ClN7O2S2. The monoisotopic (exact) mass is 463 g/mol. The number of nitrogens with one attached hydrogen (secondary N) is 2. The lowest BCUT2D eigenvalue weighted by molar-refractivity contribution is -0.113. The molecule has 0 unspecified atom stereocenters. The van der Waals surface area contributed by atoms with Gasteiger partial charge in [-0.25, -0.2) is 0 Å². The summed E-state index contributed by atoms with van der Waals surface area (Å²) in [5, 5.41) is 24.5. The lowest BCUT2D eigenvalue weighted by Crippen LogP contribution is -2.24. The van der Waals surface area contributed by atoms with Gasteiger partial charge >= 0.3 is 0 Å². The number of amides is 2. The van der Waals surface area contributed by atoms with Crippen molar-refractivity contribution in [2.75, 3.05) is 11.1 Å². The summed E-state index contributed by atoms with van der Waals surface area (Å²) < 4.78 is 1.75. The lowest BCUT2D eigenvalue weighted by Gasteiger charge is -2.06. The molecule has 1 aromatic carbocycles. The van der Waals surface area contributed by atoms with Crippen molar-refractivity contribution in [3.63, 3.8) is 0 Å². The Kier molecular flexibility index (Phi) is 6.30. The van der Waals surface area contributed by atoms with E-state index in [0.717, 1.165) is 17.8 Å². The number of hydrogen-bond donors (Lipinski definition) is 2. The van der Waals surface area contributed by atoms with Gasteiger partial charge in [0.1, 0.15) is 5.01 Å². The first kappa shape index (κ1) is 20.8. The molecule has 12 heteroatoms. The standard InChI is InChI=1S/C18H18ClN7O2S2/c1-26-13(8-20-15(28)10-4-6-12(19)7-5-10)22-25-18(26)29-9-14(27)21-17-24-23-16(30-17)11-2-3-11/h4-7,11H,2-3,8-9H2,1H3,(H,20,28)(H,21,24,27). The Morgan fingerprint density at radius 2 is 1.97 bits per heavy atom. The second-order valence-corrected chi connectivity index (χ2v) is 9.09. The van der Waals surface area contributed by atoms with Crippen LogP contribution in [-0.4, -0.2) is 42.5 Å². The molecule has 2 amide bonds. The summed E-state index contributed by atoms with van der Waals surface area (Å²) in [6.07, 6.45) is 2.29. The molecule has 2 aromatic heterocycles. The van der Waals surface area contributed by atoms with E-state index in [2.05, 4.69) is 31.0 Å². The van der Waals surface area contributed by atoms with Crippen LogP contribution in [0.25, 0.3) is 0 Å². The van der Waals surface area contributed by atoms with E-state index in [1.54, 1.807) is 35.9 Å². The van der Waals surface area contributed by atoms with Crippen LogP contribution in [0.15, 0.2) is 29.4 Å². The van der Waals surface area contributed by atoms with Crippen LogP contribution in [0, 0.1) is 0 Å². The second-order valence-electron chi connectivity index (χ2n) is 6.70. The Morgan fingerprint density at radius 1 is 1.20 bits per heavy atom. The molecule has 4 rings (SSSR count). The number of rotatable bonds is 8. The summed E-state index contributed by atoms with van der Waals surface area (Å²) in [5.74, 6) is 0.852. The van der Waals surface area contributed by atoms with Gasteiger partial charge in [0.15, 0.2) is 11.0 Å². The van der Waals surface area contributed by atoms with Crippen LogP contribution in [-0.2, 0) is 18.4 Å². The minimum Gasteiger partial charge on any atom is -0.345 e. The number of hydrogen-bond acceptors (Lipinski definition) is 8. The summed E-state index contributed by atoms with van der Waals surface area (Å²) in [6, 6.07) is 6.62. The Bertz CT molecular complexity index is 1060. The molecule has 2 heterocycles. The van der Waals surface area contributed by atoms with Crippen LogP contribution in [0.1, 0.15) is 39.9 Å². The fourth-order valence-corrected chi connectivity index (χ4v) is 4.34. The van der Waals surface area contributed by atoms with E-state index in [-0.39, 0.29) is 24.1 Å². The van der Waals surface area contributed by atoms with Crippen LogP contribution in [0.5, 0.6) is 0 Å². The summed E-state index contributed by atoms with van der Waals surface area (Å²) in [6.45, 7) is 0.215. The quantitative estimate of drug-likeness (QED) is 0.493. The molecule has 0 radical (unpaired) electrons. The highest BCUT2D eigenvalue weighted by molar-refractivity contribution is 7.99. The summed E-state index contributed by atoms with van der Waals surface area (Å²) in [5.41, 5.74) is 0.509. The van der Waals surface area contributed by atoms with Crippen molar-refractivity contribution in [1.82, 2.24) is 30.3 Å². The molecule has 0 bridgehead atoms. The molecule has 0 aliphatic heterocycles. The Balaban J connectivity index is 1.26. The topological polar surface area (TPSA) is 115 Å². The first-order chi connectivity index (χ1) is 14.5. The molecule has 1 saturated carbocycles. The van der Waals surface area contributed by atoms with Gasteiger partial charge in [-0.1, -0.05) is 34.7 Å². The zero-order chi connectivity index (χ0) is 21.1. The smallest absolute Gasteiger partial charge is 0.251 e. The van der Waals surface area contributed by atoms with E-state index in [1.807, 2.05) is 0 Å². The minimum atomic E-state index is -0.231. The first-order valence-electron chi connectivity index (χ1n) is 9.17. The molecule has 1 fully saturated rings. The van der Waals surface area contributed by atoms with Gasteiger partial charge in [-0.15, -0.1) is 20.4 Å². The molecule has 1 aliphatic carbocycles. The Morgan fingerprint density at radius 3 is 2.70 bits per heavy atom. The average molecular weight is 464 g/mol. The SMILES string of the molecule is Cn1c(CNC(=O)c2ccc(Cl)cc2)nnc1SCC(=O)Nc1nnc(C2CC2)s1. The third kappa shape index (κ3) is 5.15. The van der Waals surface area contributed by atoms with Gasteiger partial charge < -0.3 is 9.88 Å². The van der Waals surface area contributed by atoms with Crippen LogP contribution in [0.2, 0.25) is 5.02 Å². The first-order valence-corrected chi connectivity index (χ1v) is 11.4. The largest absolute Gasteiger partial charge is 0.345 e. The van der Waals surface area contributed by atoms with E-state index in [9.17, 15) is 9.59 Å².